The van der Waals surface area contributed by atoms with Crippen molar-refractivity contribution in [2.24, 2.45) is 5.41 Å². The summed E-state index contributed by atoms with van der Waals surface area (Å²) < 4.78 is 1.81. The van der Waals surface area contributed by atoms with Crippen LogP contribution in [0, 0.1) is 5.41 Å². The first-order valence-corrected chi connectivity index (χ1v) is 16.8. The highest BCUT2D eigenvalue weighted by atomic mass is 35.5. The number of hydrogen-bond acceptors (Lipinski definition) is 5. The SMILES string of the molecule is CCc1cccc(CC)c1-n1c(C=C(C)C)c(C(=O)N2CCC3(CCNC3)C2)cc(-c2nc(-c3ccc(Cl)cc3)cs2)c1=O. The van der Waals surface area contributed by atoms with E-state index < -0.39 is 0 Å². The van der Waals surface area contributed by atoms with Gasteiger partial charge in [-0.2, -0.15) is 0 Å². The maximum Gasteiger partial charge on any atom is 0.265 e. The van der Waals surface area contributed by atoms with Gasteiger partial charge in [0.25, 0.3) is 11.5 Å². The van der Waals surface area contributed by atoms with Gasteiger partial charge in [-0.1, -0.05) is 61.4 Å². The van der Waals surface area contributed by atoms with Crippen LogP contribution in [0.5, 0.6) is 0 Å². The molecular weight excluding hydrogens is 588 g/mol. The third-order valence-corrected chi connectivity index (χ3v) is 10.1. The summed E-state index contributed by atoms with van der Waals surface area (Å²) in [7, 11) is 0. The summed E-state index contributed by atoms with van der Waals surface area (Å²) in [5.74, 6) is -0.0298. The van der Waals surface area contributed by atoms with Gasteiger partial charge in [0.15, 0.2) is 0 Å². The molecule has 0 radical (unpaired) electrons. The molecule has 228 valence electrons. The monoisotopic (exact) mass is 626 g/mol. The Morgan fingerprint density at radius 3 is 2.45 bits per heavy atom. The number of hydrogen-bond donors (Lipinski definition) is 1. The molecule has 2 aromatic carbocycles. The van der Waals surface area contributed by atoms with Crippen molar-refractivity contribution < 1.29 is 4.79 Å². The number of likely N-dealkylation sites (tertiary alicyclic amines) is 1. The van der Waals surface area contributed by atoms with Crippen molar-refractivity contribution in [1.82, 2.24) is 19.8 Å². The standard InChI is InChI=1S/C36H39ClN4O2S/c1-5-24-8-7-9-25(6-2)32(24)41-31(18-23(3)4)28(34(42)40-17-15-36(22-40)14-16-38-21-36)19-29(35(41)43)33-39-30(20-44-33)26-10-12-27(37)13-11-26/h7-13,18-20,38H,5-6,14-17,21-22H2,1-4H3. The summed E-state index contributed by atoms with van der Waals surface area (Å²) in [6, 6.07) is 15.6. The highest BCUT2D eigenvalue weighted by molar-refractivity contribution is 7.13. The van der Waals surface area contributed by atoms with Gasteiger partial charge in [0, 0.05) is 41.0 Å². The second-order valence-corrected chi connectivity index (χ2v) is 13.6. The van der Waals surface area contributed by atoms with Crippen molar-refractivity contribution in [2.45, 2.75) is 53.4 Å². The van der Waals surface area contributed by atoms with E-state index >= 15 is 0 Å². The lowest BCUT2D eigenvalue weighted by atomic mass is 9.86. The van der Waals surface area contributed by atoms with E-state index in [2.05, 4.69) is 37.4 Å². The molecule has 1 spiro atoms. The minimum atomic E-state index is -0.167. The molecule has 4 heterocycles. The van der Waals surface area contributed by atoms with Crippen LogP contribution in [0.1, 0.15) is 67.7 Å². The Morgan fingerprint density at radius 2 is 1.82 bits per heavy atom. The Balaban J connectivity index is 1.60. The molecular formula is C36H39ClN4O2S. The lowest BCUT2D eigenvalue weighted by Crippen LogP contribution is -2.35. The molecule has 44 heavy (non-hydrogen) atoms. The van der Waals surface area contributed by atoms with Gasteiger partial charge in [-0.3, -0.25) is 14.2 Å². The second kappa shape index (κ2) is 12.5. The molecule has 2 saturated heterocycles. The van der Waals surface area contributed by atoms with Gasteiger partial charge in [0.2, 0.25) is 0 Å². The zero-order chi connectivity index (χ0) is 31.0. The fraction of sp³-hybridized carbons (Fsp3) is 0.361. The summed E-state index contributed by atoms with van der Waals surface area (Å²) in [5, 5.41) is 6.71. The maximum absolute atomic E-state index is 14.7. The van der Waals surface area contributed by atoms with Crippen molar-refractivity contribution in [3.8, 4) is 27.5 Å². The molecule has 2 fully saturated rings. The van der Waals surface area contributed by atoms with Crippen LogP contribution >= 0.6 is 22.9 Å². The van der Waals surface area contributed by atoms with Crippen LogP contribution in [0.15, 0.2) is 64.3 Å². The molecule has 0 saturated carbocycles. The van der Waals surface area contributed by atoms with Crippen LogP contribution in [0.4, 0.5) is 0 Å². The molecule has 2 aromatic heterocycles. The molecule has 1 unspecified atom stereocenters. The average molecular weight is 627 g/mol. The van der Waals surface area contributed by atoms with Crippen LogP contribution in [0.25, 0.3) is 33.6 Å². The lowest BCUT2D eigenvalue weighted by Gasteiger charge is -2.25. The first-order valence-electron chi connectivity index (χ1n) is 15.5. The van der Waals surface area contributed by atoms with Gasteiger partial charge in [-0.15, -0.1) is 11.3 Å². The third-order valence-electron chi connectivity index (χ3n) is 9.02. The van der Waals surface area contributed by atoms with Crippen LogP contribution < -0.4 is 10.9 Å². The Labute approximate surface area is 268 Å². The smallest absolute Gasteiger partial charge is 0.265 e. The first kappa shape index (κ1) is 30.5. The minimum Gasteiger partial charge on any atom is -0.338 e. The molecule has 1 N–H and O–H groups in total. The summed E-state index contributed by atoms with van der Waals surface area (Å²) in [6.07, 6.45) is 5.59. The van der Waals surface area contributed by atoms with Gasteiger partial charge in [0.1, 0.15) is 5.01 Å². The van der Waals surface area contributed by atoms with E-state index in [1.165, 1.54) is 11.3 Å². The number of para-hydroxylation sites is 1. The Kier molecular flexibility index (Phi) is 8.64. The fourth-order valence-corrected chi connectivity index (χ4v) is 7.63. The number of nitrogens with zero attached hydrogens (tertiary/aromatic N) is 3. The molecule has 4 aromatic rings. The molecule has 2 aliphatic heterocycles. The number of benzene rings is 2. The number of amides is 1. The number of nitrogens with one attached hydrogen (secondary N) is 1. The lowest BCUT2D eigenvalue weighted by molar-refractivity contribution is 0.0775. The molecule has 6 rings (SSSR count). The van der Waals surface area contributed by atoms with Gasteiger partial charge in [0.05, 0.1) is 28.2 Å². The van der Waals surface area contributed by atoms with Gasteiger partial charge in [-0.05, 0) is 81.5 Å². The largest absolute Gasteiger partial charge is 0.338 e. The zero-order valence-corrected chi connectivity index (χ0v) is 27.4. The molecule has 6 nitrogen and oxygen atoms in total. The zero-order valence-electron chi connectivity index (χ0n) is 25.9. The highest BCUT2D eigenvalue weighted by Gasteiger charge is 2.42. The van der Waals surface area contributed by atoms with Crippen LogP contribution in [-0.4, -0.2) is 46.5 Å². The fourth-order valence-electron chi connectivity index (χ4n) is 6.67. The summed E-state index contributed by atoms with van der Waals surface area (Å²) >= 11 is 7.55. The number of allylic oxidation sites excluding steroid dienone is 1. The van der Waals surface area contributed by atoms with E-state index in [1.54, 1.807) is 10.6 Å². The van der Waals surface area contributed by atoms with Crippen LogP contribution in [0.3, 0.4) is 0 Å². The third kappa shape index (κ3) is 5.69. The Bertz CT molecular complexity index is 1770. The number of aromatic nitrogens is 2. The molecule has 1 amide bonds. The van der Waals surface area contributed by atoms with Gasteiger partial charge in [-0.25, -0.2) is 4.98 Å². The van der Waals surface area contributed by atoms with Crippen molar-refractivity contribution >= 4 is 34.9 Å². The molecule has 2 aliphatic rings. The predicted molar refractivity (Wildman–Crippen MR) is 182 cm³/mol. The van der Waals surface area contributed by atoms with E-state index in [0.29, 0.717) is 33.4 Å². The van der Waals surface area contributed by atoms with Gasteiger partial charge >= 0.3 is 0 Å². The van der Waals surface area contributed by atoms with Crippen LogP contribution in [-0.2, 0) is 12.8 Å². The number of halogens is 1. The van der Waals surface area contributed by atoms with Crippen molar-refractivity contribution in [1.29, 1.82) is 0 Å². The number of carbonyl (C=O) groups is 1. The molecule has 0 aliphatic carbocycles. The molecule has 1 atom stereocenters. The normalized spacial score (nSPS) is 17.9. The molecule has 8 heteroatoms. The van der Waals surface area contributed by atoms with Crippen LogP contribution in [0.2, 0.25) is 5.02 Å². The maximum atomic E-state index is 14.7. The number of aryl methyl sites for hydroxylation is 2. The number of pyridine rings is 1. The van der Waals surface area contributed by atoms with E-state index in [-0.39, 0.29) is 16.9 Å². The van der Waals surface area contributed by atoms with E-state index in [9.17, 15) is 9.59 Å². The average Bonchev–Trinajstić information content (AvgIpc) is 3.79. The summed E-state index contributed by atoms with van der Waals surface area (Å²) in [6.45, 7) is 11.6. The molecule has 0 bridgehead atoms. The Hall–Kier alpha value is -3.52. The van der Waals surface area contributed by atoms with E-state index in [1.807, 2.05) is 54.5 Å². The highest BCUT2D eigenvalue weighted by Crippen LogP contribution is 2.38. The first-order chi connectivity index (χ1) is 21.2. The van der Waals surface area contributed by atoms with Gasteiger partial charge < -0.3 is 10.2 Å². The minimum absolute atomic E-state index is 0.0298. The number of carbonyl (C=O) groups excluding carboxylic acids is 1. The second-order valence-electron chi connectivity index (χ2n) is 12.3. The number of thiazole rings is 1. The number of rotatable bonds is 7. The van der Waals surface area contributed by atoms with Crippen molar-refractivity contribution in [3.63, 3.8) is 0 Å². The van der Waals surface area contributed by atoms with Crippen molar-refractivity contribution in [3.05, 3.63) is 97.2 Å². The predicted octanol–water partition coefficient (Wildman–Crippen LogP) is 7.66. The Morgan fingerprint density at radius 1 is 1.09 bits per heavy atom. The van der Waals surface area contributed by atoms with E-state index in [0.717, 1.165) is 79.0 Å². The quantitative estimate of drug-likeness (QED) is 0.229. The topological polar surface area (TPSA) is 67.2 Å². The summed E-state index contributed by atoms with van der Waals surface area (Å²) in [5.41, 5.74) is 7.32. The van der Waals surface area contributed by atoms with Crippen molar-refractivity contribution in [2.75, 3.05) is 26.2 Å². The van der Waals surface area contributed by atoms with E-state index in [4.69, 9.17) is 16.6 Å². The summed E-state index contributed by atoms with van der Waals surface area (Å²) in [4.78, 5) is 36.2.